The van der Waals surface area contributed by atoms with E-state index in [1.807, 2.05) is 42.5 Å². The van der Waals surface area contributed by atoms with Crippen molar-refractivity contribution >= 4 is 55.2 Å². The van der Waals surface area contributed by atoms with E-state index in [9.17, 15) is 4.79 Å². The van der Waals surface area contributed by atoms with Crippen molar-refractivity contribution < 1.29 is 14.3 Å². The van der Waals surface area contributed by atoms with E-state index in [4.69, 9.17) is 14.5 Å². The van der Waals surface area contributed by atoms with Gasteiger partial charge in [0.2, 0.25) is 5.91 Å². The number of anilines is 1. The van der Waals surface area contributed by atoms with Crippen LogP contribution in [-0.4, -0.2) is 25.1 Å². The summed E-state index contributed by atoms with van der Waals surface area (Å²) >= 11 is 5.12. The summed E-state index contributed by atoms with van der Waals surface area (Å²) in [5, 5.41) is 3.84. The number of methoxy groups -OCH3 is 2. The number of amides is 1. The summed E-state index contributed by atoms with van der Waals surface area (Å²) in [5.74, 6) is 0.971. The van der Waals surface area contributed by atoms with Gasteiger partial charge in [0.1, 0.15) is 5.01 Å². The van der Waals surface area contributed by atoms with Gasteiger partial charge in [0.05, 0.1) is 28.9 Å². The number of nitrogens with one attached hydrogen (secondary N) is 1. The van der Waals surface area contributed by atoms with E-state index in [2.05, 4.69) is 40.3 Å². The van der Waals surface area contributed by atoms with E-state index < -0.39 is 0 Å². The molecule has 0 fully saturated rings. The number of thiazole rings is 1. The van der Waals surface area contributed by atoms with Crippen molar-refractivity contribution in [3.8, 4) is 22.1 Å². The number of aryl methyl sites for hydroxylation is 1. The van der Waals surface area contributed by atoms with Crippen molar-refractivity contribution in [2.45, 2.75) is 6.92 Å². The Hall–Kier alpha value is -3.16. The molecule has 0 spiro atoms. The van der Waals surface area contributed by atoms with Gasteiger partial charge in [-0.1, -0.05) is 6.07 Å². The molecule has 3 aromatic carbocycles. The summed E-state index contributed by atoms with van der Waals surface area (Å²) in [6.45, 7) is 2.08. The van der Waals surface area contributed by atoms with Crippen molar-refractivity contribution in [1.82, 2.24) is 4.98 Å². The smallest absolute Gasteiger partial charge is 0.248 e. The normalized spacial score (nSPS) is 11.1. The number of aromatic nitrogens is 1. The molecule has 4 rings (SSSR count). The van der Waals surface area contributed by atoms with Crippen molar-refractivity contribution in [3.63, 3.8) is 0 Å². The lowest BCUT2D eigenvalue weighted by atomic mass is 10.2. The highest BCUT2D eigenvalue weighted by Gasteiger charge is 2.10. The first-order valence-electron chi connectivity index (χ1n) is 9.85. The zero-order chi connectivity index (χ0) is 22.7. The Bertz CT molecular complexity index is 1310. The minimum atomic E-state index is -0.223. The van der Waals surface area contributed by atoms with Gasteiger partial charge in [0, 0.05) is 17.3 Å². The molecule has 1 heterocycles. The molecular weight excluding hydrogens is 488 g/mol. The Morgan fingerprint density at radius 1 is 1.06 bits per heavy atom. The summed E-state index contributed by atoms with van der Waals surface area (Å²) in [4.78, 5) is 17.1. The van der Waals surface area contributed by atoms with Crippen LogP contribution in [0, 0.1) is 6.92 Å². The second-order valence-electron chi connectivity index (χ2n) is 7.13. The van der Waals surface area contributed by atoms with Gasteiger partial charge in [-0.25, -0.2) is 4.98 Å². The first kappa shape index (κ1) is 22.0. The lowest BCUT2D eigenvalue weighted by Crippen LogP contribution is -2.07. The molecule has 1 N–H and O–H groups in total. The Labute approximate surface area is 198 Å². The second-order valence-corrected chi connectivity index (χ2v) is 9.01. The number of hydrogen-bond acceptors (Lipinski definition) is 5. The average molecular weight is 509 g/mol. The number of carbonyl (C=O) groups is 1. The molecule has 7 heteroatoms. The summed E-state index contributed by atoms with van der Waals surface area (Å²) < 4.78 is 12.6. The van der Waals surface area contributed by atoms with Gasteiger partial charge in [0.25, 0.3) is 0 Å². The minimum Gasteiger partial charge on any atom is -0.493 e. The van der Waals surface area contributed by atoms with Gasteiger partial charge >= 0.3 is 0 Å². The fourth-order valence-electron chi connectivity index (χ4n) is 3.24. The molecule has 0 bridgehead atoms. The molecule has 0 saturated carbocycles. The van der Waals surface area contributed by atoms with Gasteiger partial charge in [0.15, 0.2) is 11.5 Å². The number of halogens is 1. The van der Waals surface area contributed by atoms with E-state index in [1.165, 1.54) is 16.3 Å². The number of benzene rings is 3. The third kappa shape index (κ3) is 4.84. The first-order chi connectivity index (χ1) is 15.5. The maximum atomic E-state index is 12.4. The SMILES string of the molecule is COc1cc(C=CC(=O)Nc2ccc(-c3nc4ccc(C)cc4s3)cc2)cc(Br)c1OC. The number of nitrogens with zero attached hydrogens (tertiary/aromatic N) is 1. The van der Waals surface area contributed by atoms with Crippen LogP contribution in [-0.2, 0) is 4.79 Å². The van der Waals surface area contributed by atoms with Gasteiger partial charge in [-0.05, 0) is 88.6 Å². The third-order valence-corrected chi connectivity index (χ3v) is 6.48. The average Bonchev–Trinajstić information content (AvgIpc) is 3.21. The third-order valence-electron chi connectivity index (χ3n) is 4.83. The molecule has 0 aliphatic rings. The molecule has 5 nitrogen and oxygen atoms in total. The van der Waals surface area contributed by atoms with Crippen molar-refractivity contribution in [3.05, 3.63) is 76.3 Å². The molecule has 0 aliphatic carbocycles. The molecule has 4 aromatic rings. The van der Waals surface area contributed by atoms with Crippen LogP contribution in [0.3, 0.4) is 0 Å². The fourth-order valence-corrected chi connectivity index (χ4v) is 4.93. The van der Waals surface area contributed by atoms with E-state index in [1.54, 1.807) is 31.6 Å². The minimum absolute atomic E-state index is 0.223. The van der Waals surface area contributed by atoms with Gasteiger partial charge < -0.3 is 14.8 Å². The number of fused-ring (bicyclic) bond motifs is 1. The summed E-state index contributed by atoms with van der Waals surface area (Å²) in [7, 11) is 3.15. The lowest BCUT2D eigenvalue weighted by molar-refractivity contribution is -0.111. The Balaban J connectivity index is 1.45. The predicted molar refractivity (Wildman–Crippen MR) is 135 cm³/mol. The zero-order valence-electron chi connectivity index (χ0n) is 17.8. The molecule has 0 atom stereocenters. The molecule has 32 heavy (non-hydrogen) atoms. The summed E-state index contributed by atoms with van der Waals surface area (Å²) in [6.07, 6.45) is 3.21. The van der Waals surface area contributed by atoms with Crippen LogP contribution in [0.25, 0.3) is 26.9 Å². The highest BCUT2D eigenvalue weighted by Crippen LogP contribution is 2.36. The van der Waals surface area contributed by atoms with Crippen molar-refractivity contribution in [2.24, 2.45) is 0 Å². The molecule has 0 saturated heterocycles. The standard InChI is InChI=1S/C25H21BrN2O3S/c1-15-4-10-20-22(12-15)32-25(28-20)17-6-8-18(9-7-17)27-23(29)11-5-16-13-19(26)24(31-3)21(14-16)30-2/h4-14H,1-3H3,(H,27,29). The summed E-state index contributed by atoms with van der Waals surface area (Å²) in [5.41, 5.74) is 4.77. The number of hydrogen-bond donors (Lipinski definition) is 1. The second kappa shape index (κ2) is 9.54. The van der Waals surface area contributed by atoms with Crippen LogP contribution >= 0.6 is 27.3 Å². The first-order valence-corrected chi connectivity index (χ1v) is 11.5. The molecule has 0 radical (unpaired) electrons. The van der Waals surface area contributed by atoms with E-state index in [0.717, 1.165) is 26.1 Å². The Kier molecular flexibility index (Phi) is 6.58. The topological polar surface area (TPSA) is 60.5 Å². The molecule has 0 unspecified atom stereocenters. The van der Waals surface area contributed by atoms with Crippen LogP contribution in [0.1, 0.15) is 11.1 Å². The molecular formula is C25H21BrN2O3S. The Morgan fingerprint density at radius 2 is 1.84 bits per heavy atom. The zero-order valence-corrected chi connectivity index (χ0v) is 20.2. The van der Waals surface area contributed by atoms with Crippen LogP contribution in [0.5, 0.6) is 11.5 Å². The van der Waals surface area contributed by atoms with Crippen LogP contribution in [0.4, 0.5) is 5.69 Å². The highest BCUT2D eigenvalue weighted by atomic mass is 79.9. The number of ether oxygens (including phenoxy) is 2. The summed E-state index contributed by atoms with van der Waals surface area (Å²) in [6, 6.07) is 17.6. The predicted octanol–water partition coefficient (Wildman–Crippen LogP) is 6.70. The molecule has 0 aliphatic heterocycles. The number of rotatable bonds is 6. The van der Waals surface area contributed by atoms with Gasteiger partial charge in [-0.3, -0.25) is 4.79 Å². The van der Waals surface area contributed by atoms with E-state index in [0.29, 0.717) is 17.2 Å². The Morgan fingerprint density at radius 3 is 2.56 bits per heavy atom. The van der Waals surface area contributed by atoms with Crippen molar-refractivity contribution in [1.29, 1.82) is 0 Å². The van der Waals surface area contributed by atoms with Crippen LogP contribution in [0.15, 0.2) is 65.1 Å². The van der Waals surface area contributed by atoms with E-state index in [-0.39, 0.29) is 5.91 Å². The maximum Gasteiger partial charge on any atom is 0.248 e. The monoisotopic (exact) mass is 508 g/mol. The highest BCUT2D eigenvalue weighted by molar-refractivity contribution is 9.10. The van der Waals surface area contributed by atoms with Crippen LogP contribution in [0.2, 0.25) is 0 Å². The lowest BCUT2D eigenvalue weighted by Gasteiger charge is -2.10. The van der Waals surface area contributed by atoms with Crippen molar-refractivity contribution in [2.75, 3.05) is 19.5 Å². The van der Waals surface area contributed by atoms with Gasteiger partial charge in [-0.2, -0.15) is 0 Å². The fraction of sp³-hybridized carbons (Fsp3) is 0.120. The quantitative estimate of drug-likeness (QED) is 0.294. The molecule has 1 amide bonds. The molecule has 162 valence electrons. The molecule has 1 aromatic heterocycles. The largest absolute Gasteiger partial charge is 0.493 e. The number of carbonyl (C=O) groups excluding carboxylic acids is 1. The maximum absolute atomic E-state index is 12.4. The van der Waals surface area contributed by atoms with Crippen LogP contribution < -0.4 is 14.8 Å². The van der Waals surface area contributed by atoms with E-state index >= 15 is 0 Å². The van der Waals surface area contributed by atoms with Gasteiger partial charge in [-0.15, -0.1) is 11.3 Å².